The van der Waals surface area contributed by atoms with Crippen molar-refractivity contribution < 1.29 is 4.79 Å². The zero-order chi connectivity index (χ0) is 15.4. The van der Waals surface area contributed by atoms with Gasteiger partial charge in [0.1, 0.15) is 11.0 Å². The Morgan fingerprint density at radius 1 is 1.24 bits per heavy atom. The second kappa shape index (κ2) is 7.33. The summed E-state index contributed by atoms with van der Waals surface area (Å²) in [6, 6.07) is 14.5. The molecule has 6 heteroatoms. The standard InChI is InChI=1S/C15H12BrIN2OS/c16-10-6-7-12(17)11(8-10)15(20)19-13(14(18)21)9-4-2-1-3-5-9/h1-8,13H,(H2,18,21)(H,19,20). The maximum atomic E-state index is 12.5. The van der Waals surface area contributed by atoms with Crippen molar-refractivity contribution in [3.05, 3.63) is 67.7 Å². The van der Waals surface area contributed by atoms with E-state index in [1.54, 1.807) is 6.07 Å². The van der Waals surface area contributed by atoms with Gasteiger partial charge in [0.25, 0.3) is 5.91 Å². The number of carbonyl (C=O) groups is 1. The molecule has 2 aromatic rings. The highest BCUT2D eigenvalue weighted by molar-refractivity contribution is 14.1. The molecule has 2 aromatic carbocycles. The van der Waals surface area contributed by atoms with Gasteiger partial charge in [-0.15, -0.1) is 0 Å². The van der Waals surface area contributed by atoms with Gasteiger partial charge in [-0.05, 0) is 46.4 Å². The lowest BCUT2D eigenvalue weighted by Gasteiger charge is -2.18. The Morgan fingerprint density at radius 3 is 2.52 bits per heavy atom. The van der Waals surface area contributed by atoms with Gasteiger partial charge in [0.2, 0.25) is 0 Å². The third-order valence-corrected chi connectivity index (χ3v) is 4.54. The Morgan fingerprint density at radius 2 is 1.90 bits per heavy atom. The summed E-state index contributed by atoms with van der Waals surface area (Å²) in [7, 11) is 0. The highest BCUT2D eigenvalue weighted by atomic mass is 127. The van der Waals surface area contributed by atoms with Crippen molar-refractivity contribution in [2.75, 3.05) is 0 Å². The molecular formula is C15H12BrIN2OS. The van der Waals surface area contributed by atoms with E-state index < -0.39 is 6.04 Å². The third kappa shape index (κ3) is 4.24. The van der Waals surface area contributed by atoms with Gasteiger partial charge >= 0.3 is 0 Å². The first-order valence-corrected chi connectivity index (χ1v) is 8.37. The fourth-order valence-corrected chi connectivity index (χ4v) is 2.98. The monoisotopic (exact) mass is 474 g/mol. The Kier molecular flexibility index (Phi) is 5.72. The lowest BCUT2D eigenvalue weighted by molar-refractivity contribution is 0.0946. The van der Waals surface area contributed by atoms with E-state index in [2.05, 4.69) is 43.8 Å². The van der Waals surface area contributed by atoms with Crippen molar-refractivity contribution in [3.63, 3.8) is 0 Å². The largest absolute Gasteiger partial charge is 0.391 e. The van der Waals surface area contributed by atoms with Crippen molar-refractivity contribution in [1.29, 1.82) is 0 Å². The molecule has 21 heavy (non-hydrogen) atoms. The SMILES string of the molecule is NC(=S)C(NC(=O)c1cc(Br)ccc1I)c1ccccc1. The van der Waals surface area contributed by atoms with Crippen LogP contribution in [0.1, 0.15) is 22.0 Å². The quantitative estimate of drug-likeness (QED) is 0.523. The average Bonchev–Trinajstić information content (AvgIpc) is 2.47. The number of amides is 1. The first-order chi connectivity index (χ1) is 9.99. The number of halogens is 2. The van der Waals surface area contributed by atoms with Gasteiger partial charge in [0, 0.05) is 8.04 Å². The van der Waals surface area contributed by atoms with Crippen LogP contribution in [0, 0.1) is 3.57 Å². The van der Waals surface area contributed by atoms with Crippen LogP contribution in [0.5, 0.6) is 0 Å². The van der Waals surface area contributed by atoms with E-state index in [1.165, 1.54) is 0 Å². The predicted molar refractivity (Wildman–Crippen MR) is 100 cm³/mol. The highest BCUT2D eigenvalue weighted by Gasteiger charge is 2.19. The van der Waals surface area contributed by atoms with E-state index in [0.717, 1.165) is 13.6 Å². The second-order valence-corrected chi connectivity index (χ2v) is 6.89. The smallest absolute Gasteiger partial charge is 0.253 e. The van der Waals surface area contributed by atoms with Crippen LogP contribution < -0.4 is 11.1 Å². The number of rotatable bonds is 4. The number of thiocarbonyl (C=S) groups is 1. The molecule has 0 aliphatic heterocycles. The summed E-state index contributed by atoms with van der Waals surface area (Å²) < 4.78 is 1.71. The van der Waals surface area contributed by atoms with Gasteiger partial charge in [-0.3, -0.25) is 4.79 Å². The van der Waals surface area contributed by atoms with Gasteiger partial charge in [-0.1, -0.05) is 58.5 Å². The van der Waals surface area contributed by atoms with Gasteiger partial charge in [0.15, 0.2) is 0 Å². The van der Waals surface area contributed by atoms with Crippen LogP contribution >= 0.6 is 50.7 Å². The summed E-state index contributed by atoms with van der Waals surface area (Å²) in [5, 5.41) is 2.89. The maximum Gasteiger partial charge on any atom is 0.253 e. The van der Waals surface area contributed by atoms with E-state index in [0.29, 0.717) is 5.56 Å². The van der Waals surface area contributed by atoms with E-state index in [9.17, 15) is 4.79 Å². The molecule has 1 amide bonds. The van der Waals surface area contributed by atoms with Crippen LogP contribution in [0.15, 0.2) is 53.0 Å². The summed E-state index contributed by atoms with van der Waals surface area (Å²) in [4.78, 5) is 12.7. The van der Waals surface area contributed by atoms with Crippen molar-refractivity contribution in [3.8, 4) is 0 Å². The zero-order valence-corrected chi connectivity index (χ0v) is 15.4. The lowest BCUT2D eigenvalue weighted by atomic mass is 10.1. The fraction of sp³-hybridized carbons (Fsp3) is 0.0667. The minimum atomic E-state index is -0.483. The average molecular weight is 475 g/mol. The van der Waals surface area contributed by atoms with Gasteiger partial charge in [0.05, 0.1) is 5.56 Å². The molecular weight excluding hydrogens is 463 g/mol. The number of hydrogen-bond acceptors (Lipinski definition) is 2. The Labute approximate surface area is 150 Å². The molecule has 0 aliphatic rings. The Hall–Kier alpha value is -0.990. The van der Waals surface area contributed by atoms with Gasteiger partial charge in [-0.2, -0.15) is 0 Å². The summed E-state index contributed by atoms with van der Waals surface area (Å²) in [6.07, 6.45) is 0. The number of carbonyl (C=O) groups excluding carboxylic acids is 1. The molecule has 0 aromatic heterocycles. The van der Waals surface area contributed by atoms with Crippen molar-refractivity contribution in [2.24, 2.45) is 5.73 Å². The maximum absolute atomic E-state index is 12.5. The molecule has 0 bridgehead atoms. The van der Waals surface area contributed by atoms with E-state index in [4.69, 9.17) is 18.0 Å². The number of hydrogen-bond donors (Lipinski definition) is 2. The Balaban J connectivity index is 2.27. The second-order valence-electron chi connectivity index (χ2n) is 4.34. The molecule has 1 atom stereocenters. The van der Waals surface area contributed by atoms with E-state index >= 15 is 0 Å². The highest BCUT2D eigenvalue weighted by Crippen LogP contribution is 2.20. The lowest BCUT2D eigenvalue weighted by Crippen LogP contribution is -2.36. The van der Waals surface area contributed by atoms with Gasteiger partial charge < -0.3 is 11.1 Å². The summed E-state index contributed by atoms with van der Waals surface area (Å²) in [5.41, 5.74) is 7.22. The molecule has 0 heterocycles. The van der Waals surface area contributed by atoms with Crippen molar-refractivity contribution in [2.45, 2.75) is 6.04 Å². The van der Waals surface area contributed by atoms with Crippen LogP contribution in [-0.4, -0.2) is 10.9 Å². The number of nitrogens with two attached hydrogens (primary N) is 1. The summed E-state index contributed by atoms with van der Waals surface area (Å²) >= 11 is 10.6. The van der Waals surface area contributed by atoms with Crippen LogP contribution in [0.2, 0.25) is 0 Å². The topological polar surface area (TPSA) is 55.1 Å². The molecule has 0 aliphatic carbocycles. The fourth-order valence-electron chi connectivity index (χ4n) is 1.84. The number of nitrogens with one attached hydrogen (secondary N) is 1. The normalized spacial score (nSPS) is 11.7. The van der Waals surface area contributed by atoms with Gasteiger partial charge in [-0.25, -0.2) is 0 Å². The molecule has 108 valence electrons. The molecule has 0 saturated carbocycles. The summed E-state index contributed by atoms with van der Waals surface area (Å²) in [5.74, 6) is -0.206. The van der Waals surface area contributed by atoms with E-state index in [-0.39, 0.29) is 10.9 Å². The zero-order valence-electron chi connectivity index (χ0n) is 10.8. The molecule has 0 radical (unpaired) electrons. The molecule has 0 saturated heterocycles. The summed E-state index contributed by atoms with van der Waals surface area (Å²) in [6.45, 7) is 0. The molecule has 1 unspecified atom stereocenters. The first kappa shape index (κ1) is 16.4. The van der Waals surface area contributed by atoms with Crippen molar-refractivity contribution >= 4 is 61.6 Å². The molecule has 3 N–H and O–H groups in total. The Bertz CT molecular complexity index is 679. The van der Waals surface area contributed by atoms with Crippen LogP contribution in [0.25, 0.3) is 0 Å². The third-order valence-electron chi connectivity index (χ3n) is 2.87. The minimum Gasteiger partial charge on any atom is -0.391 e. The van der Waals surface area contributed by atoms with E-state index in [1.807, 2.05) is 42.5 Å². The van der Waals surface area contributed by atoms with Crippen molar-refractivity contribution in [1.82, 2.24) is 5.32 Å². The molecule has 2 rings (SSSR count). The van der Waals surface area contributed by atoms with Crippen LogP contribution in [-0.2, 0) is 0 Å². The first-order valence-electron chi connectivity index (χ1n) is 6.09. The van der Waals surface area contributed by atoms with Crippen LogP contribution in [0.4, 0.5) is 0 Å². The predicted octanol–water partition coefficient (Wildman–Crippen LogP) is 3.81. The number of benzene rings is 2. The van der Waals surface area contributed by atoms with Crippen LogP contribution in [0.3, 0.4) is 0 Å². The molecule has 3 nitrogen and oxygen atoms in total. The minimum absolute atomic E-state index is 0.206. The molecule has 0 fully saturated rings. The molecule has 0 spiro atoms.